The van der Waals surface area contributed by atoms with Crippen LogP contribution in [-0.2, 0) is 0 Å². The number of benzene rings is 1. The highest BCUT2D eigenvalue weighted by molar-refractivity contribution is 5.98. The predicted octanol–water partition coefficient (Wildman–Crippen LogP) is 4.86. The molecule has 1 aliphatic rings. The van der Waals surface area contributed by atoms with E-state index in [0.717, 1.165) is 35.3 Å². The fourth-order valence-electron chi connectivity index (χ4n) is 3.37. The first-order valence-corrected chi connectivity index (χ1v) is 7.83. The second-order valence-electron chi connectivity index (χ2n) is 6.05. The van der Waals surface area contributed by atoms with Crippen molar-refractivity contribution in [3.63, 3.8) is 0 Å². The van der Waals surface area contributed by atoms with Gasteiger partial charge in [-0.25, -0.2) is 0 Å². The van der Waals surface area contributed by atoms with Crippen molar-refractivity contribution in [2.24, 2.45) is 5.92 Å². The van der Waals surface area contributed by atoms with Crippen LogP contribution in [0.4, 0.5) is 0 Å². The van der Waals surface area contributed by atoms with Gasteiger partial charge in [0, 0.05) is 11.5 Å². The zero-order valence-electron chi connectivity index (χ0n) is 13.0. The molecule has 0 heterocycles. The molecule has 1 saturated carbocycles. The lowest BCUT2D eigenvalue weighted by atomic mass is 9.85. The van der Waals surface area contributed by atoms with Gasteiger partial charge in [0.25, 0.3) is 0 Å². The minimum atomic E-state index is 0.225. The van der Waals surface area contributed by atoms with Crippen LogP contribution < -0.4 is 4.74 Å². The first-order chi connectivity index (χ1) is 9.63. The molecule has 1 aromatic carbocycles. The second-order valence-corrected chi connectivity index (χ2v) is 6.05. The van der Waals surface area contributed by atoms with E-state index in [4.69, 9.17) is 4.74 Å². The minimum absolute atomic E-state index is 0.225. The third-order valence-corrected chi connectivity index (χ3v) is 4.42. The molecule has 0 radical (unpaired) electrons. The smallest absolute Gasteiger partial charge is 0.165 e. The van der Waals surface area contributed by atoms with Crippen LogP contribution in [0.5, 0.6) is 5.75 Å². The molecule has 0 bridgehead atoms. The van der Waals surface area contributed by atoms with E-state index in [0.29, 0.717) is 5.78 Å². The Morgan fingerprint density at radius 3 is 2.00 bits per heavy atom. The van der Waals surface area contributed by atoms with Gasteiger partial charge in [-0.2, -0.15) is 0 Å². The SMILES string of the molecule is COc1c(C)cc(C(=O)C2CCCCCCC2)cc1C. The van der Waals surface area contributed by atoms with E-state index in [1.165, 1.54) is 32.1 Å². The van der Waals surface area contributed by atoms with Gasteiger partial charge in [0.15, 0.2) is 5.78 Å². The maximum atomic E-state index is 12.7. The van der Waals surface area contributed by atoms with Crippen molar-refractivity contribution in [1.82, 2.24) is 0 Å². The summed E-state index contributed by atoms with van der Waals surface area (Å²) in [5.41, 5.74) is 2.98. The van der Waals surface area contributed by atoms with Gasteiger partial charge in [-0.3, -0.25) is 4.79 Å². The van der Waals surface area contributed by atoms with Gasteiger partial charge in [-0.15, -0.1) is 0 Å². The van der Waals surface area contributed by atoms with Crippen LogP contribution in [0.15, 0.2) is 12.1 Å². The average Bonchev–Trinajstić information content (AvgIpc) is 2.37. The van der Waals surface area contributed by atoms with Crippen LogP contribution in [-0.4, -0.2) is 12.9 Å². The Hall–Kier alpha value is -1.31. The van der Waals surface area contributed by atoms with Crippen LogP contribution >= 0.6 is 0 Å². The summed E-state index contributed by atoms with van der Waals surface area (Å²) >= 11 is 0. The molecule has 0 N–H and O–H groups in total. The summed E-state index contributed by atoms with van der Waals surface area (Å²) in [4.78, 5) is 12.7. The Kier molecular flexibility index (Phi) is 5.22. The van der Waals surface area contributed by atoms with Crippen LogP contribution in [0.2, 0.25) is 0 Å². The molecule has 0 aromatic heterocycles. The normalized spacial score (nSPS) is 17.4. The molecule has 0 atom stereocenters. The summed E-state index contributed by atoms with van der Waals surface area (Å²) in [5.74, 6) is 1.46. The Bertz CT molecular complexity index is 445. The highest BCUT2D eigenvalue weighted by atomic mass is 16.5. The van der Waals surface area contributed by atoms with E-state index in [2.05, 4.69) is 0 Å². The summed E-state index contributed by atoms with van der Waals surface area (Å²) in [6, 6.07) is 3.99. The molecule has 0 spiro atoms. The lowest BCUT2D eigenvalue weighted by Gasteiger charge is -2.19. The number of hydrogen-bond donors (Lipinski definition) is 0. The summed E-state index contributed by atoms with van der Waals surface area (Å²) in [5, 5.41) is 0. The quantitative estimate of drug-likeness (QED) is 0.736. The van der Waals surface area contributed by atoms with Crippen LogP contribution in [0.1, 0.15) is 66.4 Å². The Labute approximate surface area is 122 Å². The van der Waals surface area contributed by atoms with Crippen molar-refractivity contribution in [2.75, 3.05) is 7.11 Å². The molecular formula is C18H26O2. The van der Waals surface area contributed by atoms with Crippen LogP contribution in [0, 0.1) is 19.8 Å². The van der Waals surface area contributed by atoms with E-state index in [1.54, 1.807) is 7.11 Å². The van der Waals surface area contributed by atoms with Gasteiger partial charge in [0.05, 0.1) is 7.11 Å². The molecule has 1 aromatic rings. The van der Waals surface area contributed by atoms with Crippen molar-refractivity contribution in [3.05, 3.63) is 28.8 Å². The van der Waals surface area contributed by atoms with Crippen molar-refractivity contribution in [1.29, 1.82) is 0 Å². The Morgan fingerprint density at radius 2 is 1.50 bits per heavy atom. The monoisotopic (exact) mass is 274 g/mol. The molecule has 20 heavy (non-hydrogen) atoms. The molecule has 1 fully saturated rings. The number of hydrogen-bond acceptors (Lipinski definition) is 2. The number of methoxy groups -OCH3 is 1. The van der Waals surface area contributed by atoms with Gasteiger partial charge in [-0.05, 0) is 49.9 Å². The van der Waals surface area contributed by atoms with Crippen molar-refractivity contribution in [3.8, 4) is 5.75 Å². The largest absolute Gasteiger partial charge is 0.496 e. The van der Waals surface area contributed by atoms with Gasteiger partial charge < -0.3 is 4.74 Å². The number of Topliss-reactive ketones (excluding diaryl/α,β-unsaturated/α-hetero) is 1. The third-order valence-electron chi connectivity index (χ3n) is 4.42. The first-order valence-electron chi connectivity index (χ1n) is 7.83. The van der Waals surface area contributed by atoms with Crippen LogP contribution in [0.25, 0.3) is 0 Å². The van der Waals surface area contributed by atoms with Gasteiger partial charge >= 0.3 is 0 Å². The fourth-order valence-corrected chi connectivity index (χ4v) is 3.37. The molecule has 0 amide bonds. The zero-order valence-corrected chi connectivity index (χ0v) is 13.0. The molecule has 2 heteroatoms. The molecule has 0 unspecified atom stereocenters. The van der Waals surface area contributed by atoms with Crippen molar-refractivity contribution in [2.45, 2.75) is 58.8 Å². The number of carbonyl (C=O) groups is 1. The number of ether oxygens (including phenoxy) is 1. The highest BCUT2D eigenvalue weighted by Gasteiger charge is 2.21. The Morgan fingerprint density at radius 1 is 1.00 bits per heavy atom. The van der Waals surface area contributed by atoms with E-state index in [1.807, 2.05) is 26.0 Å². The average molecular weight is 274 g/mol. The minimum Gasteiger partial charge on any atom is -0.496 e. The first kappa shape index (κ1) is 15.1. The van der Waals surface area contributed by atoms with Gasteiger partial charge in [-0.1, -0.05) is 32.1 Å². The molecule has 0 aliphatic heterocycles. The maximum Gasteiger partial charge on any atom is 0.165 e. The van der Waals surface area contributed by atoms with Gasteiger partial charge in [0.2, 0.25) is 0 Å². The van der Waals surface area contributed by atoms with Crippen LogP contribution in [0.3, 0.4) is 0 Å². The maximum absolute atomic E-state index is 12.7. The molecular weight excluding hydrogens is 248 g/mol. The molecule has 1 aliphatic carbocycles. The Balaban J connectivity index is 2.19. The fraction of sp³-hybridized carbons (Fsp3) is 0.611. The molecule has 110 valence electrons. The summed E-state index contributed by atoms with van der Waals surface area (Å²) in [7, 11) is 1.69. The van der Waals surface area contributed by atoms with Crippen molar-refractivity contribution >= 4 is 5.78 Å². The third kappa shape index (κ3) is 3.41. The second kappa shape index (κ2) is 6.92. The number of ketones is 1. The molecule has 2 nitrogen and oxygen atoms in total. The predicted molar refractivity (Wildman–Crippen MR) is 82.6 cm³/mol. The van der Waals surface area contributed by atoms with E-state index < -0.39 is 0 Å². The highest BCUT2D eigenvalue weighted by Crippen LogP contribution is 2.29. The number of carbonyl (C=O) groups excluding carboxylic acids is 1. The summed E-state index contributed by atoms with van der Waals surface area (Å²) in [6.07, 6.45) is 8.41. The van der Waals surface area contributed by atoms with E-state index in [-0.39, 0.29) is 5.92 Å². The number of aryl methyl sites for hydroxylation is 2. The lowest BCUT2D eigenvalue weighted by molar-refractivity contribution is 0.0898. The standard InChI is InChI=1S/C18H26O2/c1-13-11-16(12-14(2)18(13)20-3)17(19)15-9-7-5-4-6-8-10-15/h11-12,15H,4-10H2,1-3H3. The zero-order chi connectivity index (χ0) is 14.5. The van der Waals surface area contributed by atoms with Gasteiger partial charge in [0.1, 0.15) is 5.75 Å². The summed E-state index contributed by atoms with van der Waals surface area (Å²) in [6.45, 7) is 4.03. The summed E-state index contributed by atoms with van der Waals surface area (Å²) < 4.78 is 5.38. The molecule has 2 rings (SSSR count). The topological polar surface area (TPSA) is 26.3 Å². The number of rotatable bonds is 3. The van der Waals surface area contributed by atoms with Crippen molar-refractivity contribution < 1.29 is 9.53 Å². The van der Waals surface area contributed by atoms with E-state index >= 15 is 0 Å². The lowest BCUT2D eigenvalue weighted by Crippen LogP contribution is -2.16. The molecule has 0 saturated heterocycles. The van der Waals surface area contributed by atoms with E-state index in [9.17, 15) is 4.79 Å².